The van der Waals surface area contributed by atoms with Gasteiger partial charge in [-0.25, -0.2) is 9.37 Å². The highest BCUT2D eigenvalue weighted by molar-refractivity contribution is 6.31. The molecule has 6 heteroatoms. The van der Waals surface area contributed by atoms with Crippen LogP contribution in [0.2, 0.25) is 5.02 Å². The van der Waals surface area contributed by atoms with Crippen molar-refractivity contribution in [2.75, 3.05) is 11.9 Å². The number of anilines is 2. The van der Waals surface area contributed by atoms with E-state index >= 15 is 0 Å². The third-order valence-electron chi connectivity index (χ3n) is 3.76. The fourth-order valence-electron chi connectivity index (χ4n) is 2.39. The summed E-state index contributed by atoms with van der Waals surface area (Å²) in [6.07, 6.45) is 2.26. The normalized spacial score (nSPS) is 10.4. The molecule has 1 aromatic heterocycles. The molecule has 132 valence electrons. The Morgan fingerprint density at radius 2 is 1.88 bits per heavy atom. The van der Waals surface area contributed by atoms with Crippen LogP contribution >= 0.6 is 11.6 Å². The first-order valence-electron chi connectivity index (χ1n) is 8.12. The lowest BCUT2D eigenvalue weighted by Crippen LogP contribution is -2.25. The van der Waals surface area contributed by atoms with Gasteiger partial charge in [0.25, 0.3) is 5.91 Å². The van der Waals surface area contributed by atoms with E-state index in [2.05, 4.69) is 15.6 Å². The van der Waals surface area contributed by atoms with E-state index in [1.165, 1.54) is 23.9 Å². The zero-order valence-electron chi connectivity index (χ0n) is 13.9. The van der Waals surface area contributed by atoms with Crippen molar-refractivity contribution in [3.63, 3.8) is 0 Å². The largest absolute Gasteiger partial charge is 0.352 e. The second-order valence-corrected chi connectivity index (χ2v) is 6.08. The van der Waals surface area contributed by atoms with Crippen molar-refractivity contribution in [3.05, 3.63) is 88.8 Å². The van der Waals surface area contributed by atoms with E-state index in [0.29, 0.717) is 23.6 Å². The molecule has 1 amide bonds. The first kappa shape index (κ1) is 17.9. The standard InChI is InChI=1S/C20H17ClFN3O/c21-17-12-16(7-8-18(17)22)25-19-9-6-15(13-24-19)20(26)23-11-10-14-4-2-1-3-5-14/h1-9,12-13H,10-11H2,(H,23,26)(H,24,25). The summed E-state index contributed by atoms with van der Waals surface area (Å²) < 4.78 is 13.2. The van der Waals surface area contributed by atoms with Gasteiger partial charge in [-0.05, 0) is 42.3 Å². The molecule has 0 aliphatic rings. The predicted octanol–water partition coefficient (Wildman–Crippen LogP) is 4.59. The lowest BCUT2D eigenvalue weighted by atomic mass is 10.1. The van der Waals surface area contributed by atoms with Gasteiger partial charge in [-0.15, -0.1) is 0 Å². The number of nitrogens with zero attached hydrogens (tertiary/aromatic N) is 1. The number of amides is 1. The fraction of sp³-hybridized carbons (Fsp3) is 0.100. The molecule has 0 radical (unpaired) electrons. The number of pyridine rings is 1. The highest BCUT2D eigenvalue weighted by Gasteiger charge is 2.07. The molecule has 0 saturated heterocycles. The first-order valence-corrected chi connectivity index (χ1v) is 8.50. The third kappa shape index (κ3) is 4.80. The molecule has 0 fully saturated rings. The van der Waals surface area contributed by atoms with Crippen LogP contribution in [0.15, 0.2) is 66.9 Å². The summed E-state index contributed by atoms with van der Waals surface area (Å²) in [6.45, 7) is 0.553. The number of hydrogen-bond donors (Lipinski definition) is 2. The maximum Gasteiger partial charge on any atom is 0.252 e. The summed E-state index contributed by atoms with van der Waals surface area (Å²) in [5.74, 6) is -0.119. The summed E-state index contributed by atoms with van der Waals surface area (Å²) >= 11 is 5.75. The lowest BCUT2D eigenvalue weighted by Gasteiger charge is -2.08. The Morgan fingerprint density at radius 1 is 1.08 bits per heavy atom. The third-order valence-corrected chi connectivity index (χ3v) is 4.05. The van der Waals surface area contributed by atoms with Crippen molar-refractivity contribution in [1.29, 1.82) is 0 Å². The molecule has 3 rings (SSSR count). The van der Waals surface area contributed by atoms with E-state index in [9.17, 15) is 9.18 Å². The van der Waals surface area contributed by atoms with Crippen molar-refractivity contribution < 1.29 is 9.18 Å². The Labute approximate surface area is 156 Å². The van der Waals surface area contributed by atoms with E-state index in [1.807, 2.05) is 30.3 Å². The topological polar surface area (TPSA) is 54.0 Å². The van der Waals surface area contributed by atoms with Gasteiger partial charge < -0.3 is 10.6 Å². The summed E-state index contributed by atoms with van der Waals surface area (Å²) in [7, 11) is 0. The minimum Gasteiger partial charge on any atom is -0.352 e. The number of aromatic nitrogens is 1. The monoisotopic (exact) mass is 369 g/mol. The molecule has 2 N–H and O–H groups in total. The SMILES string of the molecule is O=C(NCCc1ccccc1)c1ccc(Nc2ccc(F)c(Cl)c2)nc1. The summed E-state index contributed by atoms with van der Waals surface area (Å²) in [4.78, 5) is 16.4. The number of rotatable bonds is 6. The average molecular weight is 370 g/mol. The Hall–Kier alpha value is -2.92. The molecule has 3 aromatic rings. The number of halogens is 2. The molecule has 0 aliphatic heterocycles. The minimum atomic E-state index is -0.479. The Kier molecular flexibility index (Phi) is 5.81. The molecule has 0 unspecified atom stereocenters. The molecule has 26 heavy (non-hydrogen) atoms. The van der Waals surface area contributed by atoms with Gasteiger partial charge in [-0.1, -0.05) is 41.9 Å². The smallest absolute Gasteiger partial charge is 0.252 e. The van der Waals surface area contributed by atoms with E-state index in [4.69, 9.17) is 11.6 Å². The second-order valence-electron chi connectivity index (χ2n) is 5.68. The minimum absolute atomic E-state index is 0.0319. The Balaban J connectivity index is 1.54. The van der Waals surface area contributed by atoms with Crippen molar-refractivity contribution in [1.82, 2.24) is 10.3 Å². The number of hydrogen-bond acceptors (Lipinski definition) is 3. The van der Waals surface area contributed by atoms with Crippen LogP contribution in [0.25, 0.3) is 0 Å². The van der Waals surface area contributed by atoms with Crippen LogP contribution in [0.1, 0.15) is 15.9 Å². The van der Waals surface area contributed by atoms with Crippen LogP contribution in [0.3, 0.4) is 0 Å². The van der Waals surface area contributed by atoms with Gasteiger partial charge in [0, 0.05) is 18.4 Å². The number of nitrogens with one attached hydrogen (secondary N) is 2. The zero-order chi connectivity index (χ0) is 18.4. The quantitative estimate of drug-likeness (QED) is 0.668. The molecule has 0 saturated carbocycles. The molecule has 2 aromatic carbocycles. The van der Waals surface area contributed by atoms with Crippen molar-refractivity contribution in [2.24, 2.45) is 0 Å². The number of carbonyl (C=O) groups excluding carboxylic acids is 1. The van der Waals surface area contributed by atoms with Gasteiger partial charge in [0.2, 0.25) is 0 Å². The fourth-order valence-corrected chi connectivity index (χ4v) is 2.57. The van der Waals surface area contributed by atoms with Gasteiger partial charge in [0.05, 0.1) is 10.6 Å². The van der Waals surface area contributed by atoms with E-state index in [-0.39, 0.29) is 10.9 Å². The lowest BCUT2D eigenvalue weighted by molar-refractivity contribution is 0.0954. The summed E-state index contributed by atoms with van der Waals surface area (Å²) in [6, 6.07) is 17.6. The zero-order valence-corrected chi connectivity index (χ0v) is 14.6. The van der Waals surface area contributed by atoms with Crippen LogP contribution in [-0.4, -0.2) is 17.4 Å². The Morgan fingerprint density at radius 3 is 2.58 bits per heavy atom. The molecular formula is C20H17ClFN3O. The molecule has 1 heterocycles. The molecule has 0 bridgehead atoms. The van der Waals surface area contributed by atoms with Gasteiger partial charge in [0.15, 0.2) is 0 Å². The van der Waals surface area contributed by atoms with Crippen molar-refractivity contribution >= 4 is 29.0 Å². The predicted molar refractivity (Wildman–Crippen MR) is 101 cm³/mol. The number of carbonyl (C=O) groups is 1. The summed E-state index contributed by atoms with van der Waals surface area (Å²) in [5.41, 5.74) is 2.26. The van der Waals surface area contributed by atoms with Crippen molar-refractivity contribution in [2.45, 2.75) is 6.42 Å². The van der Waals surface area contributed by atoms with Gasteiger partial charge in [-0.2, -0.15) is 0 Å². The Bertz CT molecular complexity index is 885. The van der Waals surface area contributed by atoms with Crippen LogP contribution < -0.4 is 10.6 Å². The molecule has 0 spiro atoms. The van der Waals surface area contributed by atoms with E-state index in [1.54, 1.807) is 18.2 Å². The number of benzene rings is 2. The first-order chi connectivity index (χ1) is 12.6. The highest BCUT2D eigenvalue weighted by atomic mass is 35.5. The van der Waals surface area contributed by atoms with E-state index < -0.39 is 5.82 Å². The van der Waals surface area contributed by atoms with Gasteiger partial charge >= 0.3 is 0 Å². The maximum atomic E-state index is 13.2. The van der Waals surface area contributed by atoms with E-state index in [0.717, 1.165) is 6.42 Å². The van der Waals surface area contributed by atoms with Crippen LogP contribution in [-0.2, 0) is 6.42 Å². The van der Waals surface area contributed by atoms with Crippen molar-refractivity contribution in [3.8, 4) is 0 Å². The molecule has 0 aliphatic carbocycles. The van der Waals surface area contributed by atoms with Gasteiger partial charge in [0.1, 0.15) is 11.6 Å². The highest BCUT2D eigenvalue weighted by Crippen LogP contribution is 2.21. The van der Waals surface area contributed by atoms with Crippen LogP contribution in [0.5, 0.6) is 0 Å². The van der Waals surface area contributed by atoms with Gasteiger partial charge in [-0.3, -0.25) is 4.79 Å². The molecule has 0 atom stereocenters. The summed E-state index contributed by atoms with van der Waals surface area (Å²) in [5, 5.41) is 5.91. The second kappa shape index (κ2) is 8.45. The molecule has 4 nitrogen and oxygen atoms in total. The maximum absolute atomic E-state index is 13.2. The average Bonchev–Trinajstić information content (AvgIpc) is 2.66. The van der Waals surface area contributed by atoms with Crippen LogP contribution in [0.4, 0.5) is 15.9 Å². The van der Waals surface area contributed by atoms with Crippen LogP contribution in [0, 0.1) is 5.82 Å². The molecular weight excluding hydrogens is 353 g/mol.